The van der Waals surface area contributed by atoms with Crippen molar-refractivity contribution in [1.29, 1.82) is 0 Å². The molecule has 0 saturated heterocycles. The summed E-state index contributed by atoms with van der Waals surface area (Å²) in [7, 11) is 0. The van der Waals surface area contributed by atoms with Crippen LogP contribution in [0.1, 0.15) is 36.8 Å². The van der Waals surface area contributed by atoms with Gasteiger partial charge in [-0.05, 0) is 36.4 Å². The van der Waals surface area contributed by atoms with E-state index in [1.165, 1.54) is 30.3 Å². The average molecular weight is 401 g/mol. The fraction of sp³-hybridized carbons (Fsp3) is 0.0526. The van der Waals surface area contributed by atoms with Crippen molar-refractivity contribution in [2.24, 2.45) is 0 Å². The van der Waals surface area contributed by atoms with Crippen LogP contribution in [0.15, 0.2) is 60.8 Å². The molecule has 7 nitrogen and oxygen atoms in total. The molecule has 4 rings (SSSR count). The van der Waals surface area contributed by atoms with Gasteiger partial charge in [0, 0.05) is 0 Å². The quantitative estimate of drug-likeness (QED) is 0.630. The Morgan fingerprint density at radius 3 is 2.21 bits per heavy atom. The normalized spacial score (nSPS) is 13.6. The molecule has 0 atom stereocenters. The van der Waals surface area contributed by atoms with E-state index in [0.29, 0.717) is 9.75 Å². The molecule has 1 aromatic heterocycles. The molecule has 10 heteroatoms. The summed E-state index contributed by atoms with van der Waals surface area (Å²) in [6.07, 6.45) is -3.67. The number of hydrogen-bond donors (Lipinski definition) is 0. The number of amides is 2. The Kier molecular flexibility index (Phi) is 4.18. The van der Waals surface area contributed by atoms with E-state index >= 15 is 0 Å². The van der Waals surface area contributed by atoms with Gasteiger partial charge in [-0.3, -0.25) is 9.59 Å². The summed E-state index contributed by atoms with van der Waals surface area (Å²) in [6, 6.07) is 11.8. The molecule has 0 unspecified atom stereocenters. The third kappa shape index (κ3) is 3.14. The minimum Gasteiger partial charge on any atom is -0.324 e. The van der Waals surface area contributed by atoms with Crippen LogP contribution in [0.3, 0.4) is 0 Å². The van der Waals surface area contributed by atoms with E-state index in [9.17, 15) is 27.6 Å². The number of alkyl halides is 3. The van der Waals surface area contributed by atoms with E-state index in [1.807, 2.05) is 0 Å². The molecule has 29 heavy (non-hydrogen) atoms. The van der Waals surface area contributed by atoms with E-state index in [-0.39, 0.29) is 22.4 Å². The number of imide groups is 1. The average Bonchev–Trinajstić information content (AvgIpc) is 3.29. The smallest absolute Gasteiger partial charge is 0.324 e. The molecule has 0 spiro atoms. The highest BCUT2D eigenvalue weighted by atomic mass is 19.4. The minimum absolute atomic E-state index is 0.0425. The first-order valence-corrected chi connectivity index (χ1v) is 8.19. The maximum absolute atomic E-state index is 13.1. The lowest BCUT2D eigenvalue weighted by Crippen LogP contribution is -2.32. The van der Waals surface area contributed by atoms with Gasteiger partial charge in [0.1, 0.15) is 5.69 Å². The van der Waals surface area contributed by atoms with Gasteiger partial charge in [-0.2, -0.15) is 18.3 Å². The summed E-state index contributed by atoms with van der Waals surface area (Å²) in [4.78, 5) is 41.9. The lowest BCUT2D eigenvalue weighted by Gasteiger charge is -2.14. The SMILES string of the molecule is O=C(ON1C(=O)c2ccccc2C1=O)c1cccc(-n2nccc2C(F)(F)F)c1. The molecule has 2 heterocycles. The van der Waals surface area contributed by atoms with Crippen molar-refractivity contribution >= 4 is 17.8 Å². The molecular weight excluding hydrogens is 391 g/mol. The summed E-state index contributed by atoms with van der Waals surface area (Å²) in [5.74, 6) is -2.69. The Labute approximate surface area is 160 Å². The van der Waals surface area contributed by atoms with Crippen molar-refractivity contribution < 1.29 is 32.4 Å². The zero-order valence-corrected chi connectivity index (χ0v) is 14.4. The van der Waals surface area contributed by atoms with Crippen molar-refractivity contribution in [2.45, 2.75) is 6.18 Å². The second-order valence-corrected chi connectivity index (χ2v) is 6.01. The molecular formula is C19H10F3N3O4. The van der Waals surface area contributed by atoms with E-state index in [4.69, 9.17) is 4.84 Å². The Morgan fingerprint density at radius 1 is 0.931 bits per heavy atom. The first-order valence-electron chi connectivity index (χ1n) is 8.19. The van der Waals surface area contributed by atoms with Crippen LogP contribution in [-0.2, 0) is 11.0 Å². The van der Waals surface area contributed by atoms with Crippen LogP contribution in [0.25, 0.3) is 5.69 Å². The highest BCUT2D eigenvalue weighted by molar-refractivity contribution is 6.21. The van der Waals surface area contributed by atoms with Crippen molar-refractivity contribution in [3.63, 3.8) is 0 Å². The third-order valence-corrected chi connectivity index (χ3v) is 4.19. The van der Waals surface area contributed by atoms with Crippen LogP contribution in [0.4, 0.5) is 13.2 Å². The number of carbonyl (C=O) groups excluding carboxylic acids is 3. The van der Waals surface area contributed by atoms with Gasteiger partial charge in [-0.15, -0.1) is 0 Å². The number of halogens is 3. The summed E-state index contributed by atoms with van der Waals surface area (Å²) < 4.78 is 39.9. The number of benzene rings is 2. The third-order valence-electron chi connectivity index (χ3n) is 4.19. The van der Waals surface area contributed by atoms with Crippen molar-refractivity contribution in [3.8, 4) is 5.69 Å². The number of carbonyl (C=O) groups is 3. The van der Waals surface area contributed by atoms with Crippen molar-refractivity contribution in [2.75, 3.05) is 0 Å². The standard InChI is InChI=1S/C19H10F3N3O4/c20-19(21,22)15-8-9-23-24(15)12-5-3-4-11(10-12)18(28)29-25-16(26)13-6-1-2-7-14(13)17(25)27/h1-10H. The van der Waals surface area contributed by atoms with Gasteiger partial charge in [0.25, 0.3) is 11.8 Å². The number of fused-ring (bicyclic) bond motifs is 1. The minimum atomic E-state index is -4.65. The fourth-order valence-corrected chi connectivity index (χ4v) is 2.87. The second kappa shape index (κ2) is 6.59. The molecule has 0 radical (unpaired) electrons. The Balaban J connectivity index is 1.60. The van der Waals surface area contributed by atoms with Gasteiger partial charge in [-0.25, -0.2) is 9.48 Å². The molecule has 146 valence electrons. The second-order valence-electron chi connectivity index (χ2n) is 6.01. The molecule has 2 aromatic carbocycles. The van der Waals surface area contributed by atoms with Gasteiger partial charge in [0.05, 0.1) is 28.6 Å². The van der Waals surface area contributed by atoms with Crippen LogP contribution in [0, 0.1) is 0 Å². The van der Waals surface area contributed by atoms with E-state index < -0.39 is 29.7 Å². The van der Waals surface area contributed by atoms with Crippen molar-refractivity contribution in [3.05, 3.63) is 83.2 Å². The van der Waals surface area contributed by atoms with E-state index in [0.717, 1.165) is 18.3 Å². The number of nitrogens with zero attached hydrogens (tertiary/aromatic N) is 3. The maximum atomic E-state index is 13.1. The number of rotatable bonds is 3. The Hall–Kier alpha value is -3.95. The predicted octanol–water partition coefficient (Wildman–Crippen LogP) is 3.26. The number of hydrogen-bond acceptors (Lipinski definition) is 5. The molecule has 3 aromatic rings. The van der Waals surface area contributed by atoms with Gasteiger partial charge >= 0.3 is 12.1 Å². The number of hydroxylamine groups is 2. The molecule has 2 amide bonds. The van der Waals surface area contributed by atoms with Crippen LogP contribution in [0.5, 0.6) is 0 Å². The number of aromatic nitrogens is 2. The first kappa shape index (κ1) is 18.4. The van der Waals surface area contributed by atoms with Gasteiger partial charge in [0.2, 0.25) is 0 Å². The fourth-order valence-electron chi connectivity index (χ4n) is 2.87. The lowest BCUT2D eigenvalue weighted by molar-refractivity contribution is -0.142. The van der Waals surface area contributed by atoms with Crippen LogP contribution < -0.4 is 0 Å². The summed E-state index contributed by atoms with van der Waals surface area (Å²) >= 11 is 0. The van der Waals surface area contributed by atoms with Crippen LogP contribution in [0.2, 0.25) is 0 Å². The molecule has 0 bridgehead atoms. The molecule has 0 saturated carbocycles. The highest BCUT2D eigenvalue weighted by Crippen LogP contribution is 2.30. The molecule has 1 aliphatic heterocycles. The summed E-state index contributed by atoms with van der Waals surface area (Å²) in [5, 5.41) is 3.96. The van der Waals surface area contributed by atoms with Gasteiger partial charge in [0.15, 0.2) is 0 Å². The summed E-state index contributed by atoms with van der Waals surface area (Å²) in [6.45, 7) is 0. The molecule has 0 fully saturated rings. The Bertz CT molecular complexity index is 1120. The van der Waals surface area contributed by atoms with Gasteiger partial charge < -0.3 is 4.84 Å². The van der Waals surface area contributed by atoms with Gasteiger partial charge in [-0.1, -0.05) is 23.3 Å². The zero-order valence-electron chi connectivity index (χ0n) is 14.4. The largest absolute Gasteiger partial charge is 0.433 e. The first-order chi connectivity index (χ1) is 13.8. The molecule has 0 N–H and O–H groups in total. The predicted molar refractivity (Wildman–Crippen MR) is 90.9 cm³/mol. The maximum Gasteiger partial charge on any atom is 0.433 e. The zero-order chi connectivity index (χ0) is 20.8. The van der Waals surface area contributed by atoms with Crippen molar-refractivity contribution in [1.82, 2.24) is 14.8 Å². The summed E-state index contributed by atoms with van der Waals surface area (Å²) in [5.41, 5.74) is -1.05. The van der Waals surface area contributed by atoms with Crippen LogP contribution in [-0.4, -0.2) is 32.6 Å². The van der Waals surface area contributed by atoms with E-state index in [1.54, 1.807) is 12.1 Å². The molecule has 1 aliphatic rings. The topological polar surface area (TPSA) is 81.5 Å². The highest BCUT2D eigenvalue weighted by Gasteiger charge is 2.39. The van der Waals surface area contributed by atoms with E-state index in [2.05, 4.69) is 5.10 Å². The molecule has 0 aliphatic carbocycles. The lowest BCUT2D eigenvalue weighted by atomic mass is 10.1. The van der Waals surface area contributed by atoms with Crippen LogP contribution >= 0.6 is 0 Å². The monoisotopic (exact) mass is 401 g/mol. The Morgan fingerprint density at radius 2 is 1.59 bits per heavy atom.